The zero-order chi connectivity index (χ0) is 13.1. The van der Waals surface area contributed by atoms with Gasteiger partial charge in [-0.15, -0.1) is 0 Å². The summed E-state index contributed by atoms with van der Waals surface area (Å²) in [6, 6.07) is 15.3. The van der Waals surface area contributed by atoms with Crippen molar-refractivity contribution in [2.45, 2.75) is 26.7 Å². The second kappa shape index (κ2) is 5.34. The van der Waals surface area contributed by atoms with Gasteiger partial charge in [0.05, 0.1) is 0 Å². The Morgan fingerprint density at radius 1 is 0.889 bits per heavy atom. The number of rotatable bonds is 3. The quantitative estimate of drug-likeness (QED) is 0.689. The van der Waals surface area contributed by atoms with Crippen LogP contribution in [0.15, 0.2) is 48.5 Å². The lowest BCUT2D eigenvalue weighted by Crippen LogP contribution is -2.02. The average Bonchev–Trinajstić information content (AvgIpc) is 2.38. The highest BCUT2D eigenvalue weighted by atomic mass is 19.1. The van der Waals surface area contributed by atoms with Gasteiger partial charge in [0.2, 0.25) is 0 Å². The molecule has 0 aromatic heterocycles. The van der Waals surface area contributed by atoms with Gasteiger partial charge in [-0.2, -0.15) is 0 Å². The molecule has 0 fully saturated rings. The summed E-state index contributed by atoms with van der Waals surface area (Å²) in [5.74, 6) is 0.766. The summed E-state index contributed by atoms with van der Waals surface area (Å²) in [6.07, 6.45) is 0. The van der Waals surface area contributed by atoms with Crippen molar-refractivity contribution >= 4 is 0 Å². The first-order chi connectivity index (χ1) is 8.59. The lowest BCUT2D eigenvalue weighted by Gasteiger charge is -2.16. The predicted molar refractivity (Wildman–Crippen MR) is 75.1 cm³/mol. The maximum atomic E-state index is 14.2. The molecule has 0 spiro atoms. The summed E-state index contributed by atoms with van der Waals surface area (Å²) >= 11 is 0. The first-order valence-corrected chi connectivity index (χ1v) is 6.44. The fraction of sp³-hybridized carbons (Fsp3) is 0.294. The number of benzene rings is 2. The van der Waals surface area contributed by atoms with E-state index in [1.807, 2.05) is 42.5 Å². The van der Waals surface area contributed by atoms with Crippen molar-refractivity contribution < 1.29 is 4.39 Å². The van der Waals surface area contributed by atoms with Crippen LogP contribution in [0, 0.1) is 11.7 Å². The van der Waals surface area contributed by atoms with E-state index in [9.17, 15) is 4.39 Å². The van der Waals surface area contributed by atoms with E-state index < -0.39 is 0 Å². The fourth-order valence-electron chi connectivity index (χ4n) is 2.05. The highest BCUT2D eigenvalue weighted by Crippen LogP contribution is 2.29. The Labute approximate surface area is 108 Å². The van der Waals surface area contributed by atoms with Gasteiger partial charge in [0.1, 0.15) is 5.82 Å². The van der Waals surface area contributed by atoms with Crippen LogP contribution < -0.4 is 0 Å². The molecule has 1 heteroatoms. The van der Waals surface area contributed by atoms with Crippen LogP contribution >= 0.6 is 0 Å². The van der Waals surface area contributed by atoms with Gasteiger partial charge >= 0.3 is 0 Å². The third-order valence-corrected chi connectivity index (χ3v) is 3.60. The zero-order valence-electron chi connectivity index (χ0n) is 11.2. The Morgan fingerprint density at radius 2 is 1.56 bits per heavy atom. The molecule has 2 aromatic rings. The second-order valence-electron chi connectivity index (χ2n) is 5.14. The molecule has 0 bridgehead atoms. The van der Waals surface area contributed by atoms with Crippen LogP contribution in [0.5, 0.6) is 0 Å². The first-order valence-electron chi connectivity index (χ1n) is 6.44. The predicted octanol–water partition coefficient (Wildman–Crippen LogP) is 5.25. The van der Waals surface area contributed by atoms with Gasteiger partial charge in [0, 0.05) is 5.56 Å². The SMILES string of the molecule is CC(C)[C@H](C)c1ccc(-c2ccccc2)c(F)c1. The van der Waals surface area contributed by atoms with Crippen LogP contribution in [0.3, 0.4) is 0 Å². The summed E-state index contributed by atoms with van der Waals surface area (Å²) in [7, 11) is 0. The Kier molecular flexibility index (Phi) is 3.81. The van der Waals surface area contributed by atoms with Crippen molar-refractivity contribution in [3.05, 3.63) is 59.9 Å². The fourth-order valence-corrected chi connectivity index (χ4v) is 2.05. The minimum Gasteiger partial charge on any atom is -0.206 e. The van der Waals surface area contributed by atoms with Gasteiger partial charge < -0.3 is 0 Å². The van der Waals surface area contributed by atoms with E-state index in [0.29, 0.717) is 17.4 Å². The standard InChI is InChI=1S/C17H19F/c1-12(2)13(3)15-9-10-16(17(18)11-15)14-7-5-4-6-8-14/h4-13H,1-3H3/t13-/m0/s1. The van der Waals surface area contributed by atoms with E-state index >= 15 is 0 Å². The molecule has 18 heavy (non-hydrogen) atoms. The molecule has 2 rings (SSSR count). The van der Waals surface area contributed by atoms with Gasteiger partial charge in [0.25, 0.3) is 0 Å². The molecule has 0 saturated carbocycles. The molecule has 0 aliphatic carbocycles. The summed E-state index contributed by atoms with van der Waals surface area (Å²) in [6.45, 7) is 6.46. The maximum absolute atomic E-state index is 14.2. The maximum Gasteiger partial charge on any atom is 0.131 e. The van der Waals surface area contributed by atoms with Gasteiger partial charge in [-0.3, -0.25) is 0 Å². The number of hydrogen-bond acceptors (Lipinski definition) is 0. The molecule has 2 aromatic carbocycles. The zero-order valence-corrected chi connectivity index (χ0v) is 11.2. The van der Waals surface area contributed by atoms with Crippen molar-refractivity contribution in [1.29, 1.82) is 0 Å². The van der Waals surface area contributed by atoms with Crippen LogP contribution in [0.1, 0.15) is 32.3 Å². The first kappa shape index (κ1) is 12.8. The molecule has 0 aliphatic heterocycles. The smallest absolute Gasteiger partial charge is 0.131 e. The largest absolute Gasteiger partial charge is 0.206 e. The second-order valence-corrected chi connectivity index (χ2v) is 5.14. The highest BCUT2D eigenvalue weighted by molar-refractivity contribution is 5.64. The molecule has 0 unspecified atom stereocenters. The van der Waals surface area contributed by atoms with Gasteiger partial charge in [-0.05, 0) is 29.0 Å². The van der Waals surface area contributed by atoms with E-state index in [1.165, 1.54) is 0 Å². The Bertz CT molecular complexity index is 514. The van der Waals surface area contributed by atoms with Crippen molar-refractivity contribution in [2.24, 2.45) is 5.92 Å². The number of hydrogen-bond donors (Lipinski definition) is 0. The van der Waals surface area contributed by atoms with E-state index in [0.717, 1.165) is 11.1 Å². The third-order valence-electron chi connectivity index (χ3n) is 3.60. The minimum absolute atomic E-state index is 0.133. The van der Waals surface area contributed by atoms with Gasteiger partial charge in [-0.1, -0.05) is 63.2 Å². The van der Waals surface area contributed by atoms with E-state index in [4.69, 9.17) is 0 Å². The molecule has 0 aliphatic rings. The summed E-state index contributed by atoms with van der Waals surface area (Å²) in [5, 5.41) is 0. The van der Waals surface area contributed by atoms with Crippen molar-refractivity contribution in [3.8, 4) is 11.1 Å². The Hall–Kier alpha value is -1.63. The average molecular weight is 242 g/mol. The van der Waals surface area contributed by atoms with Gasteiger partial charge in [-0.25, -0.2) is 4.39 Å². The molecular weight excluding hydrogens is 223 g/mol. The molecule has 0 heterocycles. The van der Waals surface area contributed by atoms with Crippen LogP contribution in [0.2, 0.25) is 0 Å². The van der Waals surface area contributed by atoms with Crippen LogP contribution in [0.25, 0.3) is 11.1 Å². The van der Waals surface area contributed by atoms with E-state index in [1.54, 1.807) is 6.07 Å². The molecule has 94 valence electrons. The topological polar surface area (TPSA) is 0 Å². The normalized spacial score (nSPS) is 12.7. The van der Waals surface area contributed by atoms with Gasteiger partial charge in [0.15, 0.2) is 0 Å². The van der Waals surface area contributed by atoms with E-state index in [2.05, 4.69) is 20.8 Å². The summed E-state index contributed by atoms with van der Waals surface area (Å²) in [4.78, 5) is 0. The Balaban J connectivity index is 2.37. The highest BCUT2D eigenvalue weighted by Gasteiger charge is 2.12. The molecule has 0 nitrogen and oxygen atoms in total. The van der Waals surface area contributed by atoms with Crippen LogP contribution in [-0.2, 0) is 0 Å². The molecule has 1 atom stereocenters. The molecule has 0 amide bonds. The monoisotopic (exact) mass is 242 g/mol. The molecule has 0 radical (unpaired) electrons. The third kappa shape index (κ3) is 2.61. The van der Waals surface area contributed by atoms with Crippen molar-refractivity contribution in [3.63, 3.8) is 0 Å². The van der Waals surface area contributed by atoms with E-state index in [-0.39, 0.29) is 5.82 Å². The minimum atomic E-state index is -0.133. The number of halogens is 1. The summed E-state index contributed by atoms with van der Waals surface area (Å²) in [5.41, 5.74) is 2.68. The molecular formula is C17H19F. The van der Waals surface area contributed by atoms with Crippen molar-refractivity contribution in [1.82, 2.24) is 0 Å². The lowest BCUT2D eigenvalue weighted by atomic mass is 9.89. The Morgan fingerprint density at radius 3 is 2.11 bits per heavy atom. The van der Waals surface area contributed by atoms with Crippen LogP contribution in [-0.4, -0.2) is 0 Å². The lowest BCUT2D eigenvalue weighted by molar-refractivity contribution is 0.530. The van der Waals surface area contributed by atoms with Crippen molar-refractivity contribution in [2.75, 3.05) is 0 Å². The van der Waals surface area contributed by atoms with Crippen LogP contribution in [0.4, 0.5) is 4.39 Å². The molecule has 0 saturated heterocycles. The summed E-state index contributed by atoms with van der Waals surface area (Å²) < 4.78 is 14.2. The molecule has 0 N–H and O–H groups in total.